The van der Waals surface area contributed by atoms with Crippen LogP contribution in [0.4, 0.5) is 0 Å². The highest BCUT2D eigenvalue weighted by atomic mass is 16.1. The first-order valence-corrected chi connectivity index (χ1v) is 11.6. The lowest BCUT2D eigenvalue weighted by Crippen LogP contribution is -2.23. The van der Waals surface area contributed by atoms with Gasteiger partial charge < -0.3 is 9.30 Å². The summed E-state index contributed by atoms with van der Waals surface area (Å²) < 4.78 is 2.05. The van der Waals surface area contributed by atoms with E-state index in [2.05, 4.69) is 54.3 Å². The standard InChI is InChI=1S/C27H36N2O/c1-4-7-13-24-21-25-14-9-11-20-29(25)26(24)27(30)23-17-15-22(16-18-23)12-8-10-19-28(5-2)6-3/h9,11,14-18,20-21H,4-8,10,12-13,19H2,1-3H3. The molecule has 0 amide bonds. The minimum Gasteiger partial charge on any atom is -0.313 e. The van der Waals surface area contributed by atoms with E-state index in [0.29, 0.717) is 0 Å². The molecule has 0 bridgehead atoms. The van der Waals surface area contributed by atoms with E-state index >= 15 is 0 Å². The van der Waals surface area contributed by atoms with Gasteiger partial charge in [-0.1, -0.05) is 57.5 Å². The summed E-state index contributed by atoms with van der Waals surface area (Å²) in [6, 6.07) is 16.6. The molecular formula is C27H36N2O. The molecule has 1 aromatic carbocycles. The quantitative estimate of drug-likeness (QED) is 0.266. The number of hydrogen-bond acceptors (Lipinski definition) is 2. The van der Waals surface area contributed by atoms with Crippen LogP contribution in [-0.4, -0.2) is 34.7 Å². The van der Waals surface area contributed by atoms with Gasteiger partial charge in [0.05, 0.1) is 5.69 Å². The van der Waals surface area contributed by atoms with Crippen molar-refractivity contribution in [3.63, 3.8) is 0 Å². The van der Waals surface area contributed by atoms with Crippen LogP contribution in [0.1, 0.15) is 73.6 Å². The molecular weight excluding hydrogens is 368 g/mol. The summed E-state index contributed by atoms with van der Waals surface area (Å²) in [6.07, 6.45) is 8.66. The molecule has 0 N–H and O–H groups in total. The largest absolute Gasteiger partial charge is 0.313 e. The monoisotopic (exact) mass is 404 g/mol. The van der Waals surface area contributed by atoms with Crippen molar-refractivity contribution in [3.8, 4) is 0 Å². The van der Waals surface area contributed by atoms with Crippen LogP contribution in [-0.2, 0) is 12.8 Å². The number of aryl methyl sites for hydroxylation is 2. The number of nitrogens with zero attached hydrogens (tertiary/aromatic N) is 2. The second-order valence-electron chi connectivity index (χ2n) is 8.13. The van der Waals surface area contributed by atoms with Crippen molar-refractivity contribution in [2.24, 2.45) is 0 Å². The summed E-state index contributed by atoms with van der Waals surface area (Å²) >= 11 is 0. The zero-order valence-corrected chi connectivity index (χ0v) is 18.9. The Labute approximate surface area is 181 Å². The number of fused-ring (bicyclic) bond motifs is 1. The van der Waals surface area contributed by atoms with Gasteiger partial charge in [-0.3, -0.25) is 4.79 Å². The van der Waals surface area contributed by atoms with Gasteiger partial charge in [-0.25, -0.2) is 0 Å². The second-order valence-corrected chi connectivity index (χ2v) is 8.13. The van der Waals surface area contributed by atoms with Gasteiger partial charge in [0.1, 0.15) is 0 Å². The maximum atomic E-state index is 13.4. The molecule has 0 aliphatic rings. The zero-order chi connectivity index (χ0) is 21.3. The number of ketones is 1. The lowest BCUT2D eigenvalue weighted by Gasteiger charge is -2.17. The van der Waals surface area contributed by atoms with Crippen molar-refractivity contribution in [1.82, 2.24) is 9.30 Å². The molecule has 0 saturated carbocycles. The molecule has 0 aliphatic carbocycles. The number of carbonyl (C=O) groups excluding carboxylic acids is 1. The van der Waals surface area contributed by atoms with E-state index < -0.39 is 0 Å². The van der Waals surface area contributed by atoms with E-state index in [1.165, 1.54) is 24.9 Å². The molecule has 2 aromatic heterocycles. The smallest absolute Gasteiger partial charge is 0.210 e. The van der Waals surface area contributed by atoms with Crippen LogP contribution in [0.25, 0.3) is 5.52 Å². The summed E-state index contributed by atoms with van der Waals surface area (Å²) in [7, 11) is 0. The molecule has 3 heteroatoms. The average Bonchev–Trinajstić information content (AvgIpc) is 3.16. The topological polar surface area (TPSA) is 24.7 Å². The van der Waals surface area contributed by atoms with Gasteiger partial charge in [0.25, 0.3) is 0 Å². The third kappa shape index (κ3) is 5.40. The lowest BCUT2D eigenvalue weighted by molar-refractivity contribution is 0.103. The molecule has 0 fully saturated rings. The minimum absolute atomic E-state index is 0.125. The Kier molecular flexibility index (Phi) is 8.27. The molecule has 3 rings (SSSR count). The Bertz CT molecular complexity index is 935. The van der Waals surface area contributed by atoms with Gasteiger partial charge in [0, 0.05) is 17.3 Å². The van der Waals surface area contributed by atoms with Crippen molar-refractivity contribution in [2.45, 2.75) is 59.3 Å². The molecule has 2 heterocycles. The van der Waals surface area contributed by atoms with E-state index in [-0.39, 0.29) is 5.78 Å². The highest BCUT2D eigenvalue weighted by molar-refractivity contribution is 6.09. The summed E-state index contributed by atoms with van der Waals surface area (Å²) in [4.78, 5) is 15.9. The zero-order valence-electron chi connectivity index (χ0n) is 18.9. The van der Waals surface area contributed by atoms with Crippen molar-refractivity contribution in [3.05, 3.63) is 77.1 Å². The maximum Gasteiger partial charge on any atom is 0.210 e. The van der Waals surface area contributed by atoms with Gasteiger partial charge in [-0.05, 0) is 81.1 Å². The number of benzene rings is 1. The first kappa shape index (κ1) is 22.3. The Morgan fingerprint density at radius 1 is 0.900 bits per heavy atom. The van der Waals surface area contributed by atoms with Gasteiger partial charge in [0.2, 0.25) is 5.78 Å². The lowest BCUT2D eigenvalue weighted by atomic mass is 10.00. The fraction of sp³-hybridized carbons (Fsp3) is 0.444. The molecule has 0 unspecified atom stereocenters. The average molecular weight is 405 g/mol. The van der Waals surface area contributed by atoms with Crippen LogP contribution in [0.5, 0.6) is 0 Å². The van der Waals surface area contributed by atoms with Gasteiger partial charge in [-0.15, -0.1) is 0 Å². The molecule has 160 valence electrons. The van der Waals surface area contributed by atoms with Crippen LogP contribution in [0.3, 0.4) is 0 Å². The van der Waals surface area contributed by atoms with Crippen LogP contribution in [0.2, 0.25) is 0 Å². The summed E-state index contributed by atoms with van der Waals surface area (Å²) in [5.41, 5.74) is 5.18. The number of aromatic nitrogens is 1. The predicted octanol–water partition coefficient (Wildman–Crippen LogP) is 6.18. The molecule has 30 heavy (non-hydrogen) atoms. The van der Waals surface area contributed by atoms with Crippen molar-refractivity contribution >= 4 is 11.3 Å². The van der Waals surface area contributed by atoms with Gasteiger partial charge in [0.15, 0.2) is 0 Å². The minimum atomic E-state index is 0.125. The van der Waals surface area contributed by atoms with E-state index in [4.69, 9.17) is 0 Å². The Balaban J connectivity index is 1.70. The third-order valence-corrected chi connectivity index (χ3v) is 6.07. The fourth-order valence-electron chi connectivity index (χ4n) is 4.16. The van der Waals surface area contributed by atoms with Crippen LogP contribution < -0.4 is 0 Å². The molecule has 0 saturated heterocycles. The SMILES string of the molecule is CCCCc1cc2ccccn2c1C(=O)c1ccc(CCCCN(CC)CC)cc1. The first-order valence-electron chi connectivity index (χ1n) is 11.6. The number of pyridine rings is 1. The second kappa shape index (κ2) is 11.1. The van der Waals surface area contributed by atoms with Gasteiger partial charge in [-0.2, -0.15) is 0 Å². The first-order chi connectivity index (χ1) is 14.7. The predicted molar refractivity (Wildman–Crippen MR) is 127 cm³/mol. The van der Waals surface area contributed by atoms with Crippen molar-refractivity contribution in [2.75, 3.05) is 19.6 Å². The fourth-order valence-corrected chi connectivity index (χ4v) is 4.16. The summed E-state index contributed by atoms with van der Waals surface area (Å²) in [5.74, 6) is 0.125. The maximum absolute atomic E-state index is 13.4. The van der Waals surface area contributed by atoms with E-state index in [1.54, 1.807) is 0 Å². The van der Waals surface area contributed by atoms with Crippen LogP contribution >= 0.6 is 0 Å². The normalized spacial score (nSPS) is 11.5. The van der Waals surface area contributed by atoms with Crippen LogP contribution in [0, 0.1) is 0 Å². The molecule has 0 atom stereocenters. The number of rotatable bonds is 12. The summed E-state index contributed by atoms with van der Waals surface area (Å²) in [6.45, 7) is 10.1. The van der Waals surface area contributed by atoms with Gasteiger partial charge >= 0.3 is 0 Å². The van der Waals surface area contributed by atoms with E-state index in [1.807, 2.05) is 30.5 Å². The van der Waals surface area contributed by atoms with E-state index in [0.717, 1.165) is 61.1 Å². The molecule has 3 aromatic rings. The highest BCUT2D eigenvalue weighted by Crippen LogP contribution is 2.22. The number of unbranched alkanes of at least 4 members (excludes halogenated alkanes) is 2. The van der Waals surface area contributed by atoms with Crippen LogP contribution in [0.15, 0.2) is 54.7 Å². The summed E-state index contributed by atoms with van der Waals surface area (Å²) in [5, 5.41) is 0. The highest BCUT2D eigenvalue weighted by Gasteiger charge is 2.18. The third-order valence-electron chi connectivity index (χ3n) is 6.07. The Morgan fingerprint density at radius 2 is 1.67 bits per heavy atom. The van der Waals surface area contributed by atoms with Crippen molar-refractivity contribution < 1.29 is 4.79 Å². The molecule has 0 aliphatic heterocycles. The van der Waals surface area contributed by atoms with E-state index in [9.17, 15) is 4.79 Å². The van der Waals surface area contributed by atoms with Crippen molar-refractivity contribution in [1.29, 1.82) is 0 Å². The number of hydrogen-bond donors (Lipinski definition) is 0. The Morgan fingerprint density at radius 3 is 2.37 bits per heavy atom. The molecule has 0 radical (unpaired) electrons. The molecule has 3 nitrogen and oxygen atoms in total. The Hall–Kier alpha value is -2.39. The molecule has 0 spiro atoms. The number of carbonyl (C=O) groups is 1.